The van der Waals surface area contributed by atoms with E-state index in [1.807, 2.05) is 32.9 Å². The Bertz CT molecular complexity index is 263. The summed E-state index contributed by atoms with van der Waals surface area (Å²) in [6.45, 7) is 5.97. The highest BCUT2D eigenvalue weighted by Crippen LogP contribution is 2.20. The highest BCUT2D eigenvalue weighted by molar-refractivity contribution is 5.40. The predicted molar refractivity (Wildman–Crippen MR) is 49.6 cm³/mol. The molecule has 65 valence electrons. The molecule has 1 aromatic rings. The lowest BCUT2D eigenvalue weighted by atomic mass is 10.2. The van der Waals surface area contributed by atoms with Gasteiger partial charge in [0.25, 0.3) is 0 Å². The smallest absolute Gasteiger partial charge is 0.122 e. The summed E-state index contributed by atoms with van der Waals surface area (Å²) in [5.41, 5.74) is 7.66. The van der Waals surface area contributed by atoms with Gasteiger partial charge >= 0.3 is 0 Å². The lowest BCUT2D eigenvalue weighted by Crippen LogP contribution is -2.22. The van der Waals surface area contributed by atoms with E-state index < -0.39 is 0 Å². The summed E-state index contributed by atoms with van der Waals surface area (Å²) in [7, 11) is 0. The van der Waals surface area contributed by atoms with Crippen molar-refractivity contribution in [3.8, 4) is 5.75 Å². The quantitative estimate of drug-likeness (QED) is 0.628. The fourth-order valence-corrected chi connectivity index (χ4v) is 0.913. The molecule has 0 heterocycles. The molecular weight excluding hydrogens is 150 g/mol. The zero-order valence-corrected chi connectivity index (χ0v) is 7.72. The number of hydrogen-bond donors (Lipinski definition) is 0. The van der Waals surface area contributed by atoms with Crippen molar-refractivity contribution in [2.45, 2.75) is 26.4 Å². The van der Waals surface area contributed by atoms with Gasteiger partial charge in [-0.1, -0.05) is 6.07 Å². The Balaban J connectivity index is 2.77. The molecule has 0 aliphatic rings. The molecule has 0 aliphatic carbocycles. The van der Waals surface area contributed by atoms with Crippen LogP contribution in [-0.2, 0) is 0 Å². The van der Waals surface area contributed by atoms with Crippen LogP contribution >= 0.6 is 0 Å². The summed E-state index contributed by atoms with van der Waals surface area (Å²) in [5.74, 6) is 0.759. The van der Waals surface area contributed by atoms with Crippen LogP contribution in [0.5, 0.6) is 5.75 Å². The van der Waals surface area contributed by atoms with Gasteiger partial charge in [-0.25, -0.2) is 0 Å². The Morgan fingerprint density at radius 1 is 1.25 bits per heavy atom. The van der Waals surface area contributed by atoms with Crippen LogP contribution in [0, 0.1) is 0 Å². The number of benzene rings is 1. The highest BCUT2D eigenvalue weighted by Gasteiger charge is 2.11. The van der Waals surface area contributed by atoms with Crippen molar-refractivity contribution in [2.75, 3.05) is 0 Å². The summed E-state index contributed by atoms with van der Waals surface area (Å²) >= 11 is 0. The summed E-state index contributed by atoms with van der Waals surface area (Å²) < 4.78 is 5.56. The molecule has 2 heteroatoms. The van der Waals surface area contributed by atoms with Gasteiger partial charge in [0.1, 0.15) is 11.4 Å². The molecule has 0 spiro atoms. The van der Waals surface area contributed by atoms with Crippen molar-refractivity contribution in [2.24, 2.45) is 0 Å². The van der Waals surface area contributed by atoms with Gasteiger partial charge in [0.2, 0.25) is 0 Å². The van der Waals surface area contributed by atoms with E-state index in [9.17, 15) is 0 Å². The van der Waals surface area contributed by atoms with Crippen LogP contribution in [-0.4, -0.2) is 5.60 Å². The van der Waals surface area contributed by atoms with Gasteiger partial charge in [-0.3, -0.25) is 0 Å². The molecule has 0 aromatic heterocycles. The van der Waals surface area contributed by atoms with Gasteiger partial charge in [-0.05, 0) is 32.9 Å². The van der Waals surface area contributed by atoms with Gasteiger partial charge in [-0.15, -0.1) is 0 Å². The fourth-order valence-electron chi connectivity index (χ4n) is 0.913. The average Bonchev–Trinajstić information content (AvgIpc) is 1.82. The summed E-state index contributed by atoms with van der Waals surface area (Å²) in [6, 6.07) is 7.13. The minimum absolute atomic E-state index is 0.187. The molecule has 0 atom stereocenters. The maximum Gasteiger partial charge on any atom is 0.122 e. The second-order valence-corrected chi connectivity index (χ2v) is 3.74. The number of hydrogen-bond acceptors (Lipinski definition) is 1. The zero-order chi connectivity index (χ0) is 9.19. The van der Waals surface area contributed by atoms with E-state index in [1.54, 1.807) is 12.1 Å². The van der Waals surface area contributed by atoms with Crippen LogP contribution in [0.2, 0.25) is 0 Å². The maximum absolute atomic E-state index is 7.36. The molecule has 0 unspecified atom stereocenters. The van der Waals surface area contributed by atoms with Crippen LogP contribution in [0.15, 0.2) is 24.3 Å². The van der Waals surface area contributed by atoms with Crippen molar-refractivity contribution in [1.82, 2.24) is 5.73 Å². The third-order valence-electron chi connectivity index (χ3n) is 1.26. The van der Waals surface area contributed by atoms with E-state index in [-0.39, 0.29) is 5.60 Å². The molecule has 0 aliphatic heterocycles. The molecule has 1 radical (unpaired) electrons. The Morgan fingerprint density at radius 2 is 1.92 bits per heavy atom. The topological polar surface area (TPSA) is 33.0 Å². The molecule has 2 nitrogen and oxygen atoms in total. The molecule has 1 N–H and O–H groups in total. The van der Waals surface area contributed by atoms with Crippen molar-refractivity contribution in [1.29, 1.82) is 0 Å². The first kappa shape index (κ1) is 8.91. The van der Waals surface area contributed by atoms with Crippen LogP contribution in [0.4, 0.5) is 5.69 Å². The average molecular weight is 164 g/mol. The second-order valence-electron chi connectivity index (χ2n) is 3.74. The van der Waals surface area contributed by atoms with Crippen molar-refractivity contribution in [3.63, 3.8) is 0 Å². The summed E-state index contributed by atoms with van der Waals surface area (Å²) in [4.78, 5) is 0. The Kier molecular flexibility index (Phi) is 2.27. The first-order chi connectivity index (χ1) is 5.47. The normalized spacial score (nSPS) is 11.2. The van der Waals surface area contributed by atoms with Gasteiger partial charge in [0.05, 0.1) is 5.69 Å². The molecule has 12 heavy (non-hydrogen) atoms. The van der Waals surface area contributed by atoms with Crippen LogP contribution < -0.4 is 10.5 Å². The van der Waals surface area contributed by atoms with E-state index in [4.69, 9.17) is 10.5 Å². The molecule has 1 rings (SSSR count). The monoisotopic (exact) mass is 164 g/mol. The highest BCUT2D eigenvalue weighted by atomic mass is 16.5. The SMILES string of the molecule is CC(C)(C)Oc1cccc([NH])c1. The number of rotatable bonds is 1. The second kappa shape index (κ2) is 3.05. The van der Waals surface area contributed by atoms with Crippen LogP contribution in [0.25, 0.3) is 0 Å². The van der Waals surface area contributed by atoms with E-state index >= 15 is 0 Å². The molecule has 0 fully saturated rings. The van der Waals surface area contributed by atoms with Gasteiger partial charge in [0.15, 0.2) is 0 Å². The predicted octanol–water partition coefficient (Wildman–Crippen LogP) is 2.78. The first-order valence-electron chi connectivity index (χ1n) is 3.98. The zero-order valence-electron chi connectivity index (χ0n) is 7.72. The first-order valence-corrected chi connectivity index (χ1v) is 3.98. The molecule has 0 amide bonds. The standard InChI is InChI=1S/C10H14NO/c1-10(2,3)12-9-6-4-5-8(11)7-9/h4-7,11H,1-3H3. The van der Waals surface area contributed by atoms with E-state index in [1.165, 1.54) is 0 Å². The van der Waals surface area contributed by atoms with E-state index in [0.717, 1.165) is 5.75 Å². The minimum Gasteiger partial charge on any atom is -0.488 e. The third-order valence-corrected chi connectivity index (χ3v) is 1.26. The lowest BCUT2D eigenvalue weighted by Gasteiger charge is -2.21. The molecule has 0 bridgehead atoms. The maximum atomic E-state index is 7.36. The minimum atomic E-state index is -0.187. The Labute approximate surface area is 73.3 Å². The number of ether oxygens (including phenoxy) is 1. The third kappa shape index (κ3) is 2.82. The molecule has 0 saturated carbocycles. The largest absolute Gasteiger partial charge is 0.488 e. The molecule has 1 aromatic carbocycles. The van der Waals surface area contributed by atoms with Gasteiger partial charge < -0.3 is 10.5 Å². The van der Waals surface area contributed by atoms with Gasteiger partial charge in [0, 0.05) is 6.07 Å². The van der Waals surface area contributed by atoms with Crippen LogP contribution in [0.1, 0.15) is 20.8 Å². The Hall–Kier alpha value is -1.18. The van der Waals surface area contributed by atoms with Crippen molar-refractivity contribution >= 4 is 5.69 Å². The van der Waals surface area contributed by atoms with Crippen molar-refractivity contribution in [3.05, 3.63) is 24.3 Å². The fraction of sp³-hybridized carbons (Fsp3) is 0.400. The summed E-state index contributed by atoms with van der Waals surface area (Å²) in [5, 5.41) is 0. The van der Waals surface area contributed by atoms with E-state index in [2.05, 4.69) is 0 Å². The molecule has 0 saturated heterocycles. The molecular formula is C10H14NO. The van der Waals surface area contributed by atoms with E-state index in [0.29, 0.717) is 5.69 Å². The number of nitrogens with one attached hydrogen (secondary N) is 1. The van der Waals surface area contributed by atoms with Gasteiger partial charge in [-0.2, -0.15) is 0 Å². The van der Waals surface area contributed by atoms with Crippen LogP contribution in [0.3, 0.4) is 0 Å². The lowest BCUT2D eigenvalue weighted by molar-refractivity contribution is 0.131. The van der Waals surface area contributed by atoms with Crippen molar-refractivity contribution < 1.29 is 4.74 Å². The summed E-state index contributed by atoms with van der Waals surface area (Å²) in [6.07, 6.45) is 0. The Morgan fingerprint density at radius 3 is 2.42 bits per heavy atom.